The molecule has 0 aliphatic carbocycles. The molecule has 1 fully saturated rings. The molecule has 1 saturated heterocycles. The van der Waals surface area contributed by atoms with Crippen LogP contribution in [0.3, 0.4) is 0 Å². The third-order valence-corrected chi connectivity index (χ3v) is 7.04. The van der Waals surface area contributed by atoms with Gasteiger partial charge in [-0.2, -0.15) is 5.10 Å². The summed E-state index contributed by atoms with van der Waals surface area (Å²) in [5, 5.41) is 8.35. The average molecular weight is 489 g/mol. The van der Waals surface area contributed by atoms with Crippen molar-refractivity contribution in [2.45, 2.75) is 25.8 Å². The number of hydrogen-bond donors (Lipinski definition) is 2. The molecule has 11 heteroatoms. The van der Waals surface area contributed by atoms with Crippen LogP contribution in [-0.4, -0.2) is 54.5 Å². The quantitative estimate of drug-likeness (QED) is 0.411. The maximum absolute atomic E-state index is 12.2. The largest absolute Gasteiger partial charge is 0.383 e. The number of nitrogen functional groups attached to an aromatic ring is 1. The van der Waals surface area contributed by atoms with Crippen LogP contribution in [0.1, 0.15) is 25.8 Å². The first-order chi connectivity index (χ1) is 16.9. The third-order valence-electron chi connectivity index (χ3n) is 5.92. The molecule has 4 aromatic rings. The van der Waals surface area contributed by atoms with E-state index in [4.69, 9.17) is 10.8 Å². The summed E-state index contributed by atoms with van der Waals surface area (Å²) >= 11 is 1.54. The highest BCUT2D eigenvalue weighted by molar-refractivity contribution is 7.18. The molecule has 0 aromatic carbocycles. The zero-order valence-electron chi connectivity index (χ0n) is 19.1. The van der Waals surface area contributed by atoms with Gasteiger partial charge >= 0.3 is 0 Å². The number of fused-ring (bicyclic) bond motifs is 1. The van der Waals surface area contributed by atoms with Crippen LogP contribution in [0.25, 0.3) is 32.2 Å². The van der Waals surface area contributed by atoms with E-state index in [2.05, 4.69) is 26.8 Å². The fourth-order valence-corrected chi connectivity index (χ4v) is 5.30. The molecule has 1 atom stereocenters. The maximum atomic E-state index is 12.2. The topological polar surface area (TPSA) is 132 Å². The number of rotatable bonds is 5. The normalized spacial score (nSPS) is 15.8. The number of piperidine rings is 1. The Bertz CT molecular complexity index is 1430. The fraction of sp³-hybridized carbons (Fsp3) is 0.250. The summed E-state index contributed by atoms with van der Waals surface area (Å²) < 4.78 is 1.88. The average Bonchev–Trinajstić information content (AvgIpc) is 3.50. The van der Waals surface area contributed by atoms with Crippen molar-refractivity contribution in [3.8, 4) is 21.1 Å². The summed E-state index contributed by atoms with van der Waals surface area (Å²) in [4.78, 5) is 40.3. The Morgan fingerprint density at radius 2 is 2.03 bits per heavy atom. The van der Waals surface area contributed by atoms with Gasteiger partial charge in [0.05, 0.1) is 38.8 Å². The second-order valence-corrected chi connectivity index (χ2v) is 9.40. The molecule has 4 aromatic heterocycles. The minimum atomic E-state index is -0.143. The summed E-state index contributed by atoms with van der Waals surface area (Å²) in [5.74, 6) is 0.134. The SMILES string of the molecule is C=CC(=O)N1CCC[C@@H](n2nc(-c3ccc(-c4ccc(NC(C)=O)cn4)s3)c3c(N)ncnc32)C1. The second kappa shape index (κ2) is 9.26. The number of anilines is 2. The van der Waals surface area contributed by atoms with Gasteiger partial charge in [-0.05, 0) is 43.2 Å². The van der Waals surface area contributed by atoms with Gasteiger partial charge in [-0.3, -0.25) is 14.6 Å². The number of carbonyl (C=O) groups excluding carboxylic acids is 2. The van der Waals surface area contributed by atoms with Crippen molar-refractivity contribution < 1.29 is 9.59 Å². The molecule has 35 heavy (non-hydrogen) atoms. The lowest BCUT2D eigenvalue weighted by atomic mass is 10.1. The van der Waals surface area contributed by atoms with Gasteiger partial charge in [0, 0.05) is 20.0 Å². The van der Waals surface area contributed by atoms with Crippen LogP contribution < -0.4 is 11.1 Å². The molecule has 0 radical (unpaired) electrons. The molecule has 5 rings (SSSR count). The van der Waals surface area contributed by atoms with Gasteiger partial charge in [0.1, 0.15) is 17.8 Å². The zero-order valence-corrected chi connectivity index (χ0v) is 20.0. The van der Waals surface area contributed by atoms with Crippen LogP contribution in [0.15, 0.2) is 49.4 Å². The molecule has 0 spiro atoms. The van der Waals surface area contributed by atoms with Gasteiger partial charge in [0.15, 0.2) is 5.65 Å². The number of likely N-dealkylation sites (tertiary alicyclic amines) is 1. The summed E-state index contributed by atoms with van der Waals surface area (Å²) in [7, 11) is 0. The standard InChI is InChI=1S/C24H24N8O2S/c1-3-20(34)31-10-4-5-16(12-31)32-24-21(23(25)27-13-28-24)22(30-32)19-9-8-18(35-19)17-7-6-15(11-26-17)29-14(2)33/h3,6-9,11,13,16H,1,4-5,10,12H2,2H3,(H,29,33)(H2,25,27,28)/t16-/m1/s1. The van der Waals surface area contributed by atoms with Gasteiger partial charge in [-0.25, -0.2) is 14.6 Å². The lowest BCUT2D eigenvalue weighted by Crippen LogP contribution is -2.40. The van der Waals surface area contributed by atoms with Gasteiger partial charge in [0.2, 0.25) is 11.8 Å². The van der Waals surface area contributed by atoms with Crippen molar-refractivity contribution in [3.05, 3.63) is 49.4 Å². The van der Waals surface area contributed by atoms with Gasteiger partial charge in [0.25, 0.3) is 0 Å². The third kappa shape index (κ3) is 4.37. The number of amides is 2. The van der Waals surface area contributed by atoms with E-state index in [1.165, 1.54) is 30.7 Å². The van der Waals surface area contributed by atoms with Crippen molar-refractivity contribution in [1.29, 1.82) is 0 Å². The Balaban J connectivity index is 1.51. The van der Waals surface area contributed by atoms with Crippen LogP contribution in [0.5, 0.6) is 0 Å². The first-order valence-corrected chi connectivity index (χ1v) is 12.0. The summed E-state index contributed by atoms with van der Waals surface area (Å²) in [6, 6.07) is 7.62. The molecule has 178 valence electrons. The smallest absolute Gasteiger partial charge is 0.246 e. The number of carbonyl (C=O) groups is 2. The Hall–Kier alpha value is -4.12. The highest BCUT2D eigenvalue weighted by Crippen LogP contribution is 2.39. The highest BCUT2D eigenvalue weighted by Gasteiger charge is 2.28. The number of nitrogens with two attached hydrogens (primary N) is 1. The molecule has 0 bridgehead atoms. The molecule has 1 aliphatic heterocycles. The number of pyridine rings is 1. The van der Waals surface area contributed by atoms with E-state index in [1.54, 1.807) is 11.1 Å². The number of thiophene rings is 1. The van der Waals surface area contributed by atoms with E-state index >= 15 is 0 Å². The van der Waals surface area contributed by atoms with Gasteiger partial charge < -0.3 is 16.0 Å². The van der Waals surface area contributed by atoms with Crippen LogP contribution in [0.4, 0.5) is 11.5 Å². The second-order valence-electron chi connectivity index (χ2n) is 8.31. The summed E-state index contributed by atoms with van der Waals surface area (Å²) in [5.41, 5.74) is 9.07. The first kappa shape index (κ1) is 22.7. The van der Waals surface area contributed by atoms with E-state index in [0.29, 0.717) is 41.3 Å². The minimum Gasteiger partial charge on any atom is -0.383 e. The maximum Gasteiger partial charge on any atom is 0.246 e. The highest BCUT2D eigenvalue weighted by atomic mass is 32.1. The van der Waals surface area contributed by atoms with Crippen molar-refractivity contribution in [2.24, 2.45) is 0 Å². The van der Waals surface area contributed by atoms with Crippen molar-refractivity contribution in [2.75, 3.05) is 24.1 Å². The van der Waals surface area contributed by atoms with E-state index < -0.39 is 0 Å². The number of nitrogens with one attached hydrogen (secondary N) is 1. The molecular formula is C24H24N8O2S. The van der Waals surface area contributed by atoms with Gasteiger partial charge in [-0.1, -0.05) is 6.58 Å². The molecular weight excluding hydrogens is 464 g/mol. The molecule has 10 nitrogen and oxygen atoms in total. The monoisotopic (exact) mass is 488 g/mol. The van der Waals surface area contributed by atoms with Crippen LogP contribution in [-0.2, 0) is 9.59 Å². The Kier molecular flexibility index (Phi) is 6.00. The lowest BCUT2D eigenvalue weighted by Gasteiger charge is -2.32. The fourth-order valence-electron chi connectivity index (χ4n) is 4.33. The zero-order chi connectivity index (χ0) is 24.5. The molecule has 0 saturated carbocycles. The van der Waals surface area contributed by atoms with E-state index in [0.717, 1.165) is 28.3 Å². The van der Waals surface area contributed by atoms with E-state index in [9.17, 15) is 9.59 Å². The Labute approximate surface area is 205 Å². The Morgan fingerprint density at radius 3 is 2.77 bits per heavy atom. The predicted octanol–water partition coefficient (Wildman–Crippen LogP) is 3.51. The van der Waals surface area contributed by atoms with Crippen LogP contribution >= 0.6 is 11.3 Å². The first-order valence-electron chi connectivity index (χ1n) is 11.2. The molecule has 1 aliphatic rings. The molecule has 0 unspecified atom stereocenters. The summed E-state index contributed by atoms with van der Waals surface area (Å²) in [6.07, 6.45) is 6.16. The number of nitrogens with zero attached hydrogens (tertiary/aromatic N) is 6. The predicted molar refractivity (Wildman–Crippen MR) is 136 cm³/mol. The summed E-state index contributed by atoms with van der Waals surface area (Å²) in [6.45, 7) is 6.30. The lowest BCUT2D eigenvalue weighted by molar-refractivity contribution is -0.127. The minimum absolute atomic E-state index is 0.0272. The molecule has 5 heterocycles. The van der Waals surface area contributed by atoms with Crippen molar-refractivity contribution in [1.82, 2.24) is 29.6 Å². The van der Waals surface area contributed by atoms with Crippen LogP contribution in [0, 0.1) is 0 Å². The Morgan fingerprint density at radius 1 is 1.20 bits per heavy atom. The number of aromatic nitrogens is 5. The number of hydrogen-bond acceptors (Lipinski definition) is 8. The van der Waals surface area contributed by atoms with E-state index in [1.807, 2.05) is 28.9 Å². The van der Waals surface area contributed by atoms with Crippen molar-refractivity contribution >= 4 is 45.7 Å². The van der Waals surface area contributed by atoms with Crippen molar-refractivity contribution in [3.63, 3.8) is 0 Å². The van der Waals surface area contributed by atoms with Crippen LogP contribution in [0.2, 0.25) is 0 Å². The molecule has 3 N–H and O–H groups in total. The molecule has 2 amide bonds. The van der Waals surface area contributed by atoms with E-state index in [-0.39, 0.29) is 17.9 Å². The van der Waals surface area contributed by atoms with Gasteiger partial charge in [-0.15, -0.1) is 11.3 Å².